The highest BCUT2D eigenvalue weighted by atomic mass is 35.5. The van der Waals surface area contributed by atoms with Crippen molar-refractivity contribution in [1.82, 2.24) is 14.5 Å². The molecule has 1 aromatic rings. The lowest BCUT2D eigenvalue weighted by Crippen LogP contribution is -2.50. The van der Waals surface area contributed by atoms with Gasteiger partial charge < -0.3 is 9.80 Å². The molecule has 1 aliphatic heterocycles. The van der Waals surface area contributed by atoms with Gasteiger partial charge in [-0.25, -0.2) is 13.1 Å². The number of nitrogens with zero attached hydrogens (tertiary/aromatic N) is 2. The molecule has 7 nitrogen and oxygen atoms in total. The largest absolute Gasteiger partial charge is 0.342 e. The van der Waals surface area contributed by atoms with Crippen LogP contribution in [0.25, 0.3) is 0 Å². The number of hydrogen-bond acceptors (Lipinski definition) is 4. The van der Waals surface area contributed by atoms with E-state index in [4.69, 9.17) is 11.6 Å². The third-order valence-corrected chi connectivity index (χ3v) is 5.02. The lowest BCUT2D eigenvalue weighted by atomic mass is 10.3. The number of piperazine rings is 1. The predicted octanol–water partition coefficient (Wildman–Crippen LogP) is -0.0811. The fourth-order valence-electron chi connectivity index (χ4n) is 2.04. The molecule has 22 heavy (non-hydrogen) atoms. The van der Waals surface area contributed by atoms with E-state index in [1.54, 1.807) is 4.90 Å². The number of hydrogen-bond donors (Lipinski definition) is 1. The van der Waals surface area contributed by atoms with E-state index in [0.717, 1.165) is 6.41 Å². The van der Waals surface area contributed by atoms with E-state index >= 15 is 0 Å². The zero-order chi connectivity index (χ0) is 16.2. The van der Waals surface area contributed by atoms with Gasteiger partial charge in [0.1, 0.15) is 0 Å². The molecular formula is C13H16ClN3O4S. The van der Waals surface area contributed by atoms with Gasteiger partial charge in [0.25, 0.3) is 0 Å². The quantitative estimate of drug-likeness (QED) is 0.756. The van der Waals surface area contributed by atoms with Crippen molar-refractivity contribution < 1.29 is 18.0 Å². The van der Waals surface area contributed by atoms with E-state index in [-0.39, 0.29) is 17.3 Å². The number of carbonyl (C=O) groups excluding carboxylic acids is 2. The van der Waals surface area contributed by atoms with Crippen molar-refractivity contribution in [2.24, 2.45) is 0 Å². The summed E-state index contributed by atoms with van der Waals surface area (Å²) in [5.41, 5.74) is 0. The maximum Gasteiger partial charge on any atom is 0.241 e. The van der Waals surface area contributed by atoms with E-state index in [1.165, 1.54) is 29.2 Å². The van der Waals surface area contributed by atoms with Crippen molar-refractivity contribution in [2.75, 3.05) is 32.7 Å². The smallest absolute Gasteiger partial charge is 0.241 e. The highest BCUT2D eigenvalue weighted by Gasteiger charge is 2.22. The van der Waals surface area contributed by atoms with Crippen LogP contribution in [0.4, 0.5) is 0 Å². The molecule has 1 aromatic carbocycles. The number of rotatable bonds is 5. The summed E-state index contributed by atoms with van der Waals surface area (Å²) in [6.07, 6.45) is 0.741. The number of carbonyl (C=O) groups is 2. The van der Waals surface area contributed by atoms with Crippen LogP contribution in [0, 0.1) is 0 Å². The van der Waals surface area contributed by atoms with Crippen LogP contribution in [0.1, 0.15) is 0 Å². The predicted molar refractivity (Wildman–Crippen MR) is 80.9 cm³/mol. The van der Waals surface area contributed by atoms with Crippen LogP contribution in [0.3, 0.4) is 0 Å². The Morgan fingerprint density at radius 1 is 1.18 bits per heavy atom. The normalized spacial score (nSPS) is 15.7. The van der Waals surface area contributed by atoms with Crippen LogP contribution >= 0.6 is 11.6 Å². The molecule has 120 valence electrons. The van der Waals surface area contributed by atoms with Gasteiger partial charge in [-0.2, -0.15) is 0 Å². The number of sulfonamides is 1. The maximum atomic E-state index is 12.0. The van der Waals surface area contributed by atoms with Gasteiger partial charge in [-0.05, 0) is 24.3 Å². The minimum Gasteiger partial charge on any atom is -0.342 e. The van der Waals surface area contributed by atoms with Gasteiger partial charge in [-0.3, -0.25) is 9.59 Å². The van der Waals surface area contributed by atoms with Crippen LogP contribution < -0.4 is 4.72 Å². The third-order valence-electron chi connectivity index (χ3n) is 3.35. The maximum absolute atomic E-state index is 12.0. The topological polar surface area (TPSA) is 86.8 Å². The number of halogens is 1. The molecular weight excluding hydrogens is 330 g/mol. The minimum atomic E-state index is -3.75. The summed E-state index contributed by atoms with van der Waals surface area (Å²) < 4.78 is 26.4. The monoisotopic (exact) mass is 345 g/mol. The fraction of sp³-hybridized carbons (Fsp3) is 0.385. The molecule has 0 aromatic heterocycles. The Morgan fingerprint density at radius 2 is 1.77 bits per heavy atom. The van der Waals surface area contributed by atoms with Crippen LogP contribution in [-0.4, -0.2) is 63.3 Å². The highest BCUT2D eigenvalue weighted by molar-refractivity contribution is 7.89. The molecule has 0 bridgehead atoms. The Kier molecular flexibility index (Phi) is 5.38. The summed E-state index contributed by atoms with van der Waals surface area (Å²) in [6.45, 7) is 1.41. The Bertz CT molecular complexity index is 640. The summed E-state index contributed by atoms with van der Waals surface area (Å²) in [6, 6.07) is 5.68. The zero-order valence-corrected chi connectivity index (χ0v) is 13.3. The zero-order valence-electron chi connectivity index (χ0n) is 11.7. The molecule has 2 amide bonds. The van der Waals surface area contributed by atoms with Gasteiger partial charge in [0.05, 0.1) is 11.4 Å². The van der Waals surface area contributed by atoms with E-state index < -0.39 is 10.0 Å². The molecule has 1 fully saturated rings. The lowest BCUT2D eigenvalue weighted by Gasteiger charge is -2.32. The molecule has 9 heteroatoms. The number of amides is 2. The second kappa shape index (κ2) is 7.08. The van der Waals surface area contributed by atoms with Gasteiger partial charge in [0.2, 0.25) is 22.3 Å². The van der Waals surface area contributed by atoms with Crippen molar-refractivity contribution in [3.63, 3.8) is 0 Å². The van der Waals surface area contributed by atoms with E-state index in [0.29, 0.717) is 31.2 Å². The van der Waals surface area contributed by atoms with Gasteiger partial charge >= 0.3 is 0 Å². The lowest BCUT2D eigenvalue weighted by molar-refractivity contribution is -0.134. The van der Waals surface area contributed by atoms with Crippen molar-refractivity contribution >= 4 is 33.9 Å². The van der Waals surface area contributed by atoms with Crippen LogP contribution in [0.2, 0.25) is 5.02 Å². The second-order valence-electron chi connectivity index (χ2n) is 4.80. The van der Waals surface area contributed by atoms with Gasteiger partial charge in [0.15, 0.2) is 0 Å². The first kappa shape index (κ1) is 16.7. The van der Waals surface area contributed by atoms with E-state index in [1.807, 2.05) is 0 Å². The highest BCUT2D eigenvalue weighted by Crippen LogP contribution is 2.13. The molecule has 0 radical (unpaired) electrons. The van der Waals surface area contributed by atoms with E-state index in [2.05, 4.69) is 4.72 Å². The summed E-state index contributed by atoms with van der Waals surface area (Å²) in [5.74, 6) is -0.317. The molecule has 0 saturated carbocycles. The Labute approximate surface area is 133 Å². The molecule has 2 rings (SSSR count). The summed E-state index contributed by atoms with van der Waals surface area (Å²) in [7, 11) is -3.75. The van der Waals surface area contributed by atoms with Crippen LogP contribution in [0.15, 0.2) is 29.2 Å². The summed E-state index contributed by atoms with van der Waals surface area (Å²) >= 11 is 5.71. The summed E-state index contributed by atoms with van der Waals surface area (Å²) in [4.78, 5) is 25.7. The van der Waals surface area contributed by atoms with Crippen molar-refractivity contribution in [3.05, 3.63) is 29.3 Å². The standard InChI is InChI=1S/C13H16ClN3O4S/c14-11-1-3-12(4-2-11)22(20,21)15-9-13(19)17-7-5-16(10-18)6-8-17/h1-4,10,15H,5-9H2. The first-order valence-electron chi connectivity index (χ1n) is 6.65. The van der Waals surface area contributed by atoms with Crippen molar-refractivity contribution in [1.29, 1.82) is 0 Å². The Hall–Kier alpha value is -1.64. The number of nitrogens with one attached hydrogen (secondary N) is 1. The summed E-state index contributed by atoms with van der Waals surface area (Å²) in [5, 5.41) is 0.433. The average Bonchev–Trinajstić information content (AvgIpc) is 2.53. The molecule has 1 aliphatic rings. The molecule has 0 spiro atoms. The average molecular weight is 346 g/mol. The molecule has 1 N–H and O–H groups in total. The van der Waals surface area contributed by atoms with Gasteiger partial charge in [-0.1, -0.05) is 11.6 Å². The van der Waals surface area contributed by atoms with Crippen molar-refractivity contribution in [2.45, 2.75) is 4.90 Å². The fourth-order valence-corrected chi connectivity index (χ4v) is 3.14. The molecule has 1 heterocycles. The first-order valence-corrected chi connectivity index (χ1v) is 8.51. The molecule has 1 saturated heterocycles. The molecule has 0 unspecified atom stereocenters. The third kappa shape index (κ3) is 4.19. The Balaban J connectivity index is 1.90. The first-order chi connectivity index (χ1) is 10.4. The molecule has 0 atom stereocenters. The van der Waals surface area contributed by atoms with Gasteiger partial charge in [-0.15, -0.1) is 0 Å². The van der Waals surface area contributed by atoms with E-state index in [9.17, 15) is 18.0 Å². The number of benzene rings is 1. The van der Waals surface area contributed by atoms with Crippen LogP contribution in [0.5, 0.6) is 0 Å². The van der Waals surface area contributed by atoms with Crippen LogP contribution in [-0.2, 0) is 19.6 Å². The van der Waals surface area contributed by atoms with Crippen molar-refractivity contribution in [3.8, 4) is 0 Å². The molecule has 0 aliphatic carbocycles. The Morgan fingerprint density at radius 3 is 2.32 bits per heavy atom. The second-order valence-corrected chi connectivity index (χ2v) is 7.00. The van der Waals surface area contributed by atoms with Gasteiger partial charge in [0, 0.05) is 31.2 Å². The minimum absolute atomic E-state index is 0.0514. The SMILES string of the molecule is O=CN1CCN(C(=O)CNS(=O)(=O)c2ccc(Cl)cc2)CC1.